The Balaban J connectivity index is 2.79. The van der Waals surface area contributed by atoms with Crippen LogP contribution >= 0.6 is 0 Å². The van der Waals surface area contributed by atoms with Gasteiger partial charge >= 0.3 is 6.09 Å². The summed E-state index contributed by atoms with van der Waals surface area (Å²) in [6, 6.07) is 6.87. The highest BCUT2D eigenvalue weighted by molar-refractivity contribution is 5.94. The van der Waals surface area contributed by atoms with E-state index in [1.807, 2.05) is 0 Å². The number of nitrogens with two attached hydrogens (primary N) is 1. The standard InChI is InChI=1S/C11H13NO3/c1-7(13)9-3-5-10(6-4-9)8(2)15-11(12)14/h3-6,8H,1-2H3,(H2,12,14). The number of carbonyl (C=O) groups excluding carboxylic acids is 2. The van der Waals surface area contributed by atoms with Crippen molar-refractivity contribution < 1.29 is 14.3 Å². The fourth-order valence-corrected chi connectivity index (χ4v) is 1.23. The van der Waals surface area contributed by atoms with Crippen LogP contribution in [0.15, 0.2) is 24.3 Å². The van der Waals surface area contributed by atoms with Crippen LogP contribution in [-0.2, 0) is 4.74 Å². The number of hydrogen-bond donors (Lipinski definition) is 1. The predicted molar refractivity (Wildman–Crippen MR) is 55.5 cm³/mol. The van der Waals surface area contributed by atoms with Crippen molar-refractivity contribution in [2.45, 2.75) is 20.0 Å². The quantitative estimate of drug-likeness (QED) is 0.771. The van der Waals surface area contributed by atoms with Gasteiger partial charge in [-0.2, -0.15) is 0 Å². The van der Waals surface area contributed by atoms with Crippen LogP contribution in [0.5, 0.6) is 0 Å². The van der Waals surface area contributed by atoms with Gasteiger partial charge in [-0.05, 0) is 19.4 Å². The number of ketones is 1. The van der Waals surface area contributed by atoms with E-state index in [2.05, 4.69) is 0 Å². The van der Waals surface area contributed by atoms with Crippen LogP contribution in [0, 0.1) is 0 Å². The highest BCUT2D eigenvalue weighted by Gasteiger charge is 2.09. The van der Waals surface area contributed by atoms with Gasteiger partial charge < -0.3 is 10.5 Å². The van der Waals surface area contributed by atoms with Crippen molar-refractivity contribution in [3.05, 3.63) is 35.4 Å². The third kappa shape index (κ3) is 3.09. The van der Waals surface area contributed by atoms with Gasteiger partial charge in [0.15, 0.2) is 5.78 Å². The minimum absolute atomic E-state index is 0.00465. The van der Waals surface area contributed by atoms with Crippen LogP contribution in [0.4, 0.5) is 4.79 Å². The number of rotatable bonds is 3. The summed E-state index contributed by atoms with van der Waals surface area (Å²) >= 11 is 0. The van der Waals surface area contributed by atoms with Crippen LogP contribution in [0.3, 0.4) is 0 Å². The summed E-state index contributed by atoms with van der Waals surface area (Å²) in [6.07, 6.45) is -1.21. The Kier molecular flexibility index (Phi) is 3.44. The van der Waals surface area contributed by atoms with Crippen molar-refractivity contribution in [1.29, 1.82) is 0 Å². The van der Waals surface area contributed by atoms with Crippen molar-refractivity contribution in [3.8, 4) is 0 Å². The molecule has 0 fully saturated rings. The van der Waals surface area contributed by atoms with Gasteiger partial charge in [0.05, 0.1) is 0 Å². The number of benzene rings is 1. The van der Waals surface area contributed by atoms with Crippen LogP contribution in [-0.4, -0.2) is 11.9 Å². The first-order valence-electron chi connectivity index (χ1n) is 4.57. The first kappa shape index (κ1) is 11.2. The lowest BCUT2D eigenvalue weighted by Crippen LogP contribution is -2.15. The number of primary amides is 1. The molecule has 1 amide bonds. The number of amides is 1. The molecule has 1 atom stereocenters. The highest BCUT2D eigenvalue weighted by Crippen LogP contribution is 2.17. The number of hydrogen-bond acceptors (Lipinski definition) is 3. The first-order valence-corrected chi connectivity index (χ1v) is 4.57. The summed E-state index contributed by atoms with van der Waals surface area (Å²) in [7, 11) is 0. The van der Waals surface area contributed by atoms with Crippen LogP contribution in [0.25, 0.3) is 0 Å². The molecule has 4 nitrogen and oxygen atoms in total. The molecule has 4 heteroatoms. The minimum atomic E-state index is -0.807. The van der Waals surface area contributed by atoms with Gasteiger partial charge in [0.25, 0.3) is 0 Å². The van der Waals surface area contributed by atoms with Crippen LogP contribution in [0.1, 0.15) is 35.9 Å². The molecule has 0 aliphatic heterocycles. The molecule has 1 aromatic rings. The average Bonchev–Trinajstić information content (AvgIpc) is 2.17. The molecule has 80 valence electrons. The highest BCUT2D eigenvalue weighted by atomic mass is 16.6. The molecule has 0 saturated heterocycles. The van der Waals surface area contributed by atoms with E-state index >= 15 is 0 Å². The van der Waals surface area contributed by atoms with E-state index in [4.69, 9.17) is 10.5 Å². The Morgan fingerprint density at radius 2 is 1.80 bits per heavy atom. The van der Waals surface area contributed by atoms with Gasteiger partial charge in [0.2, 0.25) is 0 Å². The van der Waals surface area contributed by atoms with Gasteiger partial charge in [-0.1, -0.05) is 24.3 Å². The zero-order valence-electron chi connectivity index (χ0n) is 8.69. The SMILES string of the molecule is CC(=O)c1ccc(C(C)OC(N)=O)cc1. The lowest BCUT2D eigenvalue weighted by atomic mass is 10.1. The van der Waals surface area contributed by atoms with E-state index in [1.165, 1.54) is 6.92 Å². The molecule has 0 aliphatic carbocycles. The third-order valence-electron chi connectivity index (χ3n) is 2.08. The van der Waals surface area contributed by atoms with E-state index in [1.54, 1.807) is 31.2 Å². The van der Waals surface area contributed by atoms with Gasteiger partial charge in [-0.3, -0.25) is 4.79 Å². The molecule has 0 aromatic heterocycles. The molecule has 2 N–H and O–H groups in total. The number of carbonyl (C=O) groups is 2. The molecule has 0 bridgehead atoms. The van der Waals surface area contributed by atoms with E-state index < -0.39 is 12.2 Å². The number of ether oxygens (including phenoxy) is 1. The normalized spacial score (nSPS) is 11.9. The molecular formula is C11H13NO3. The smallest absolute Gasteiger partial charge is 0.405 e. The van der Waals surface area contributed by atoms with E-state index in [0.717, 1.165) is 5.56 Å². The summed E-state index contributed by atoms with van der Waals surface area (Å²) in [6.45, 7) is 3.21. The van der Waals surface area contributed by atoms with Crippen molar-refractivity contribution in [2.24, 2.45) is 5.73 Å². The fraction of sp³-hybridized carbons (Fsp3) is 0.273. The first-order chi connectivity index (χ1) is 7.00. The molecule has 0 radical (unpaired) electrons. The third-order valence-corrected chi connectivity index (χ3v) is 2.08. The predicted octanol–water partition coefficient (Wildman–Crippen LogP) is 2.05. The summed E-state index contributed by atoms with van der Waals surface area (Å²) in [5.74, 6) is 0.00465. The number of Topliss-reactive ketones (excluding diaryl/α,β-unsaturated/α-hetero) is 1. The molecule has 15 heavy (non-hydrogen) atoms. The Morgan fingerprint density at radius 3 is 2.20 bits per heavy atom. The topological polar surface area (TPSA) is 69.4 Å². The Labute approximate surface area is 88.0 Å². The van der Waals surface area contributed by atoms with Gasteiger partial charge in [0.1, 0.15) is 6.10 Å². The molecular weight excluding hydrogens is 194 g/mol. The molecule has 0 spiro atoms. The lowest BCUT2D eigenvalue weighted by Gasteiger charge is -2.11. The van der Waals surface area contributed by atoms with Crippen molar-refractivity contribution >= 4 is 11.9 Å². The van der Waals surface area contributed by atoms with Crippen molar-refractivity contribution in [2.75, 3.05) is 0 Å². The second kappa shape index (κ2) is 4.59. The Hall–Kier alpha value is -1.84. The average molecular weight is 207 g/mol. The Bertz CT molecular complexity index is 370. The minimum Gasteiger partial charge on any atom is -0.442 e. The molecule has 0 aliphatic rings. The van der Waals surface area contributed by atoms with E-state index in [0.29, 0.717) is 5.56 Å². The maximum atomic E-state index is 11.0. The van der Waals surface area contributed by atoms with E-state index in [9.17, 15) is 9.59 Å². The maximum Gasteiger partial charge on any atom is 0.405 e. The second-order valence-corrected chi connectivity index (χ2v) is 3.26. The second-order valence-electron chi connectivity index (χ2n) is 3.26. The van der Waals surface area contributed by atoms with Gasteiger partial charge in [-0.25, -0.2) is 4.79 Å². The zero-order chi connectivity index (χ0) is 11.4. The van der Waals surface area contributed by atoms with Crippen LogP contribution < -0.4 is 5.73 Å². The van der Waals surface area contributed by atoms with E-state index in [-0.39, 0.29) is 5.78 Å². The molecule has 0 saturated carbocycles. The molecule has 0 heterocycles. The summed E-state index contributed by atoms with van der Waals surface area (Å²) < 4.78 is 4.79. The summed E-state index contributed by atoms with van der Waals surface area (Å²) in [5, 5.41) is 0. The summed E-state index contributed by atoms with van der Waals surface area (Å²) in [5.41, 5.74) is 6.33. The molecule has 1 unspecified atom stereocenters. The molecule has 1 aromatic carbocycles. The monoisotopic (exact) mass is 207 g/mol. The van der Waals surface area contributed by atoms with Crippen molar-refractivity contribution in [1.82, 2.24) is 0 Å². The maximum absolute atomic E-state index is 11.0. The van der Waals surface area contributed by atoms with Gasteiger partial charge in [-0.15, -0.1) is 0 Å². The zero-order valence-corrected chi connectivity index (χ0v) is 8.69. The van der Waals surface area contributed by atoms with Crippen LogP contribution in [0.2, 0.25) is 0 Å². The van der Waals surface area contributed by atoms with Crippen molar-refractivity contribution in [3.63, 3.8) is 0 Å². The lowest BCUT2D eigenvalue weighted by molar-refractivity contribution is 0.101. The molecule has 1 rings (SSSR count). The largest absolute Gasteiger partial charge is 0.442 e. The fourth-order valence-electron chi connectivity index (χ4n) is 1.23. The van der Waals surface area contributed by atoms with Gasteiger partial charge in [0, 0.05) is 5.56 Å². The summed E-state index contributed by atoms with van der Waals surface area (Å²) in [4.78, 5) is 21.5. The Morgan fingerprint density at radius 1 is 1.27 bits per heavy atom.